The van der Waals surface area contributed by atoms with E-state index in [-0.39, 0.29) is 34.6 Å². The Balaban J connectivity index is 1.50. The molecule has 11 heteroatoms. The highest BCUT2D eigenvalue weighted by atomic mass is 32.2. The van der Waals surface area contributed by atoms with E-state index in [1.165, 1.54) is 35.2 Å². The molecule has 1 aliphatic heterocycles. The van der Waals surface area contributed by atoms with Crippen molar-refractivity contribution in [2.24, 2.45) is 0 Å². The van der Waals surface area contributed by atoms with Crippen LogP contribution in [0.3, 0.4) is 0 Å². The van der Waals surface area contributed by atoms with Gasteiger partial charge in [0, 0.05) is 24.6 Å². The van der Waals surface area contributed by atoms with Crippen molar-refractivity contribution in [1.29, 1.82) is 0 Å². The average molecular weight is 520 g/mol. The van der Waals surface area contributed by atoms with E-state index in [4.69, 9.17) is 0 Å². The molecule has 1 aromatic heterocycles. The van der Waals surface area contributed by atoms with Gasteiger partial charge < -0.3 is 4.90 Å². The molecule has 0 bridgehead atoms. The summed E-state index contributed by atoms with van der Waals surface area (Å²) in [6.45, 7) is 0.351. The first-order valence-electron chi connectivity index (χ1n) is 11.3. The van der Waals surface area contributed by atoms with Gasteiger partial charge in [-0.15, -0.1) is 0 Å². The number of aromatic nitrogens is 1. The smallest absolute Gasteiger partial charge is 0.312 e. The van der Waals surface area contributed by atoms with Crippen LogP contribution in [0, 0.1) is 5.95 Å². The molecule has 1 atom stereocenters. The van der Waals surface area contributed by atoms with Crippen LogP contribution >= 0.6 is 0 Å². The number of amides is 1. The van der Waals surface area contributed by atoms with Crippen molar-refractivity contribution >= 4 is 27.4 Å². The second-order valence-electron chi connectivity index (χ2n) is 8.82. The minimum absolute atomic E-state index is 0.0321. The summed E-state index contributed by atoms with van der Waals surface area (Å²) in [4.78, 5) is 17.3. The fourth-order valence-corrected chi connectivity index (χ4v) is 5.95. The van der Waals surface area contributed by atoms with Crippen LogP contribution in [0.2, 0.25) is 0 Å². The number of halogens is 4. The van der Waals surface area contributed by atoms with Crippen LogP contribution in [0.5, 0.6) is 0 Å². The number of anilines is 2. The predicted molar refractivity (Wildman–Crippen MR) is 125 cm³/mol. The van der Waals surface area contributed by atoms with Gasteiger partial charge in [-0.2, -0.15) is 17.6 Å². The third-order valence-electron chi connectivity index (χ3n) is 6.55. The summed E-state index contributed by atoms with van der Waals surface area (Å²) >= 11 is 0. The molecule has 5 rings (SSSR count). The maximum atomic E-state index is 13.4. The first-order valence-corrected chi connectivity index (χ1v) is 12.8. The van der Waals surface area contributed by atoms with Crippen molar-refractivity contribution in [3.63, 3.8) is 0 Å². The SMILES string of the molecule is O=C1CCCN1c1cc(C(F)(F)F)ccc1C1CCc2cc(S(=O)(=O)Nc3cccc(F)n3)ccc21. The molecule has 6 nitrogen and oxygen atoms in total. The molecule has 0 radical (unpaired) electrons. The van der Waals surface area contributed by atoms with E-state index in [0.29, 0.717) is 31.4 Å². The van der Waals surface area contributed by atoms with Gasteiger partial charge in [-0.3, -0.25) is 9.52 Å². The topological polar surface area (TPSA) is 79.4 Å². The molecule has 0 spiro atoms. The van der Waals surface area contributed by atoms with Gasteiger partial charge in [0.25, 0.3) is 10.0 Å². The first-order chi connectivity index (χ1) is 17.0. The van der Waals surface area contributed by atoms with E-state index < -0.39 is 27.7 Å². The molecule has 1 unspecified atom stereocenters. The van der Waals surface area contributed by atoms with Gasteiger partial charge in [0.15, 0.2) is 0 Å². The summed E-state index contributed by atoms with van der Waals surface area (Å²) in [6.07, 6.45) is -2.62. The number of nitrogens with zero attached hydrogens (tertiary/aromatic N) is 2. The summed E-state index contributed by atoms with van der Waals surface area (Å²) in [7, 11) is -4.04. The number of pyridine rings is 1. The zero-order valence-corrected chi connectivity index (χ0v) is 19.7. The lowest BCUT2D eigenvalue weighted by Crippen LogP contribution is -2.26. The lowest BCUT2D eigenvalue weighted by atomic mass is 9.90. The number of carbonyl (C=O) groups is 1. The summed E-state index contributed by atoms with van der Waals surface area (Å²) in [5.41, 5.74) is 1.58. The van der Waals surface area contributed by atoms with Crippen molar-refractivity contribution in [3.05, 3.63) is 82.8 Å². The molecule has 36 heavy (non-hydrogen) atoms. The second kappa shape index (κ2) is 8.88. The number of carbonyl (C=O) groups excluding carboxylic acids is 1. The van der Waals surface area contributed by atoms with Crippen molar-refractivity contribution in [3.8, 4) is 0 Å². The first kappa shape index (κ1) is 24.2. The van der Waals surface area contributed by atoms with Crippen LogP contribution in [0.15, 0.2) is 59.5 Å². The number of benzene rings is 2. The maximum Gasteiger partial charge on any atom is 0.416 e. The lowest BCUT2D eigenvalue weighted by molar-refractivity contribution is -0.137. The van der Waals surface area contributed by atoms with Crippen LogP contribution in [-0.4, -0.2) is 25.9 Å². The molecule has 1 aliphatic carbocycles. The number of hydrogen-bond donors (Lipinski definition) is 1. The van der Waals surface area contributed by atoms with Gasteiger partial charge in [0.2, 0.25) is 11.9 Å². The number of hydrogen-bond acceptors (Lipinski definition) is 4. The molecule has 1 N–H and O–H groups in total. The van der Waals surface area contributed by atoms with E-state index in [1.54, 1.807) is 6.07 Å². The number of nitrogens with one attached hydrogen (secondary N) is 1. The number of fused-ring (bicyclic) bond motifs is 1. The van der Waals surface area contributed by atoms with Crippen molar-refractivity contribution in [1.82, 2.24) is 4.98 Å². The number of rotatable bonds is 5. The van der Waals surface area contributed by atoms with Gasteiger partial charge >= 0.3 is 6.18 Å². The van der Waals surface area contributed by atoms with Crippen LogP contribution in [-0.2, 0) is 27.4 Å². The molecule has 3 aromatic rings. The highest BCUT2D eigenvalue weighted by Gasteiger charge is 2.36. The number of sulfonamides is 1. The fourth-order valence-electron chi connectivity index (χ4n) is 4.90. The van der Waals surface area contributed by atoms with Crippen molar-refractivity contribution < 1.29 is 30.8 Å². The predicted octanol–water partition coefficient (Wildman–Crippen LogP) is 5.25. The minimum Gasteiger partial charge on any atom is -0.312 e. The van der Waals surface area contributed by atoms with Gasteiger partial charge in [0.05, 0.1) is 10.5 Å². The highest BCUT2D eigenvalue weighted by Crippen LogP contribution is 2.45. The van der Waals surface area contributed by atoms with Crippen LogP contribution < -0.4 is 9.62 Å². The maximum absolute atomic E-state index is 13.4. The third kappa shape index (κ3) is 4.55. The lowest BCUT2D eigenvalue weighted by Gasteiger charge is -2.25. The minimum atomic E-state index is -4.55. The Kier molecular flexibility index (Phi) is 5.98. The molecule has 2 aliphatic rings. The molecule has 2 heterocycles. The molecule has 0 saturated carbocycles. The Morgan fingerprint density at radius 2 is 1.78 bits per heavy atom. The standard InChI is InChI=1S/C25H21F4N3O3S/c26-22-3-1-4-23(30-22)31-36(34,35)17-8-11-18-15(13-17)6-9-19(18)20-10-7-16(25(27,28)29)14-21(20)32-12-2-5-24(32)33/h1,3-4,7-8,10-11,13-14,19H,2,5-6,9,12H2,(H,30,31). The Morgan fingerprint density at radius 3 is 2.47 bits per heavy atom. The zero-order valence-electron chi connectivity index (χ0n) is 18.8. The fraction of sp³-hybridized carbons (Fsp3) is 0.280. The van der Waals surface area contributed by atoms with Gasteiger partial charge in [0.1, 0.15) is 5.82 Å². The van der Waals surface area contributed by atoms with Crippen molar-refractivity contribution in [2.75, 3.05) is 16.2 Å². The Hall–Kier alpha value is -3.47. The third-order valence-corrected chi connectivity index (χ3v) is 7.91. The van der Waals surface area contributed by atoms with E-state index in [2.05, 4.69) is 9.71 Å². The van der Waals surface area contributed by atoms with Gasteiger partial charge in [-0.25, -0.2) is 13.4 Å². The van der Waals surface area contributed by atoms with Crippen molar-refractivity contribution in [2.45, 2.75) is 42.7 Å². The van der Waals surface area contributed by atoms with Crippen LogP contribution in [0.25, 0.3) is 0 Å². The number of aryl methyl sites for hydroxylation is 1. The van der Waals surface area contributed by atoms with E-state index in [9.17, 15) is 30.8 Å². The van der Waals surface area contributed by atoms with E-state index >= 15 is 0 Å². The summed E-state index contributed by atoms with van der Waals surface area (Å²) < 4.78 is 81.6. The quantitative estimate of drug-likeness (QED) is 0.369. The summed E-state index contributed by atoms with van der Waals surface area (Å²) in [5, 5.41) is 0. The molecule has 1 fully saturated rings. The van der Waals surface area contributed by atoms with Gasteiger partial charge in [-0.05, 0) is 72.4 Å². The van der Waals surface area contributed by atoms with E-state index in [1.807, 2.05) is 0 Å². The highest BCUT2D eigenvalue weighted by molar-refractivity contribution is 7.92. The summed E-state index contributed by atoms with van der Waals surface area (Å²) in [5.74, 6) is -1.48. The Morgan fingerprint density at radius 1 is 1.00 bits per heavy atom. The molecule has 1 saturated heterocycles. The van der Waals surface area contributed by atoms with E-state index in [0.717, 1.165) is 29.3 Å². The Labute approximate surface area is 205 Å². The Bertz CT molecular complexity index is 1460. The normalized spacial score (nSPS) is 17.9. The average Bonchev–Trinajstić information content (AvgIpc) is 3.43. The zero-order chi connectivity index (χ0) is 25.7. The second-order valence-corrected chi connectivity index (χ2v) is 10.5. The molecule has 1 amide bonds. The largest absolute Gasteiger partial charge is 0.416 e. The van der Waals surface area contributed by atoms with Crippen LogP contribution in [0.1, 0.15) is 47.4 Å². The molecule has 2 aromatic carbocycles. The molecule has 188 valence electrons. The molecular formula is C25H21F4N3O3S. The summed E-state index contributed by atoms with van der Waals surface area (Å²) in [6, 6.07) is 11.8. The monoisotopic (exact) mass is 519 g/mol. The molecular weight excluding hydrogens is 498 g/mol. The van der Waals surface area contributed by atoms with Gasteiger partial charge in [-0.1, -0.05) is 18.2 Å². The van der Waals surface area contributed by atoms with Crippen LogP contribution in [0.4, 0.5) is 29.1 Å². The number of alkyl halides is 3.